The molecule has 134 valence electrons. The maximum Gasteiger partial charge on any atom is 0.270 e. The molecule has 1 aromatic heterocycles. The number of hydrogen-bond donors (Lipinski definition) is 1. The number of nitrogens with zero attached hydrogens (tertiary/aromatic N) is 2. The van der Waals surface area contributed by atoms with Crippen LogP contribution >= 0.6 is 0 Å². The number of carbonyl (C=O) groups is 1. The standard InChI is InChI=1S/C21H23N3O2/c1-15-4-3-5-17(12-15)23-8-10-24(11-9-23)21(25)20-14-16-13-18(26-2)6-7-19(16)22-20/h3-7,12-14,22H,8-11H2,1-2H3. The number of fused-ring (bicyclic) bond motifs is 1. The highest BCUT2D eigenvalue weighted by Crippen LogP contribution is 2.23. The van der Waals surface area contributed by atoms with E-state index in [0.29, 0.717) is 5.69 Å². The number of anilines is 1. The van der Waals surface area contributed by atoms with Crippen LogP contribution in [-0.2, 0) is 0 Å². The Morgan fingerprint density at radius 3 is 2.58 bits per heavy atom. The molecule has 1 fully saturated rings. The third kappa shape index (κ3) is 3.12. The molecule has 26 heavy (non-hydrogen) atoms. The molecule has 1 aliphatic heterocycles. The minimum atomic E-state index is 0.0593. The molecular weight excluding hydrogens is 326 g/mol. The largest absolute Gasteiger partial charge is 0.497 e. The first-order valence-corrected chi connectivity index (χ1v) is 8.92. The fourth-order valence-corrected chi connectivity index (χ4v) is 3.52. The Balaban J connectivity index is 1.46. The maximum absolute atomic E-state index is 12.9. The third-order valence-corrected chi connectivity index (χ3v) is 4.99. The Morgan fingerprint density at radius 2 is 1.85 bits per heavy atom. The number of H-pyrrole nitrogens is 1. The Hall–Kier alpha value is -2.95. The van der Waals surface area contributed by atoms with Gasteiger partial charge in [-0.05, 0) is 48.9 Å². The van der Waals surface area contributed by atoms with Gasteiger partial charge in [0.2, 0.25) is 0 Å². The van der Waals surface area contributed by atoms with Crippen LogP contribution in [0.15, 0.2) is 48.5 Å². The molecule has 4 rings (SSSR count). The lowest BCUT2D eigenvalue weighted by Gasteiger charge is -2.36. The Morgan fingerprint density at radius 1 is 1.04 bits per heavy atom. The summed E-state index contributed by atoms with van der Waals surface area (Å²) in [6.07, 6.45) is 0. The maximum atomic E-state index is 12.9. The van der Waals surface area contributed by atoms with E-state index in [9.17, 15) is 4.79 Å². The molecule has 0 aliphatic carbocycles. The molecule has 0 saturated carbocycles. The number of carbonyl (C=O) groups excluding carboxylic acids is 1. The van der Waals surface area contributed by atoms with Crippen molar-refractivity contribution in [1.29, 1.82) is 0 Å². The zero-order valence-electron chi connectivity index (χ0n) is 15.2. The van der Waals surface area contributed by atoms with Crippen LogP contribution in [-0.4, -0.2) is 49.1 Å². The van der Waals surface area contributed by atoms with Gasteiger partial charge in [0.15, 0.2) is 0 Å². The summed E-state index contributed by atoms with van der Waals surface area (Å²) in [6, 6.07) is 16.2. The van der Waals surface area contributed by atoms with Crippen molar-refractivity contribution >= 4 is 22.5 Å². The topological polar surface area (TPSA) is 48.6 Å². The van der Waals surface area contributed by atoms with Crippen molar-refractivity contribution in [2.75, 3.05) is 38.2 Å². The van der Waals surface area contributed by atoms with Crippen molar-refractivity contribution in [3.05, 3.63) is 59.8 Å². The molecular formula is C21H23N3O2. The minimum absolute atomic E-state index is 0.0593. The number of rotatable bonds is 3. The molecule has 0 unspecified atom stereocenters. The zero-order chi connectivity index (χ0) is 18.1. The van der Waals surface area contributed by atoms with Gasteiger partial charge in [-0.1, -0.05) is 12.1 Å². The summed E-state index contributed by atoms with van der Waals surface area (Å²) >= 11 is 0. The van der Waals surface area contributed by atoms with E-state index in [2.05, 4.69) is 41.1 Å². The molecule has 2 heterocycles. The molecule has 1 N–H and O–H groups in total. The molecule has 5 heteroatoms. The van der Waals surface area contributed by atoms with Gasteiger partial charge < -0.3 is 19.5 Å². The Labute approximate surface area is 153 Å². The molecule has 0 atom stereocenters. The van der Waals surface area contributed by atoms with Crippen LogP contribution in [0.3, 0.4) is 0 Å². The third-order valence-electron chi connectivity index (χ3n) is 4.99. The summed E-state index contributed by atoms with van der Waals surface area (Å²) in [6.45, 7) is 5.26. The number of ether oxygens (including phenoxy) is 1. The van der Waals surface area contributed by atoms with E-state index in [0.717, 1.165) is 42.8 Å². The first kappa shape index (κ1) is 16.5. The highest BCUT2D eigenvalue weighted by Gasteiger charge is 2.23. The number of amides is 1. The summed E-state index contributed by atoms with van der Waals surface area (Å²) in [4.78, 5) is 20.4. The monoisotopic (exact) mass is 349 g/mol. The van der Waals surface area contributed by atoms with E-state index in [1.54, 1.807) is 7.11 Å². The van der Waals surface area contributed by atoms with E-state index in [4.69, 9.17) is 4.74 Å². The SMILES string of the molecule is COc1ccc2[nH]c(C(=O)N3CCN(c4cccc(C)c4)CC3)cc2c1. The number of aromatic nitrogens is 1. The van der Waals surface area contributed by atoms with Crippen molar-refractivity contribution in [1.82, 2.24) is 9.88 Å². The van der Waals surface area contributed by atoms with Crippen LogP contribution < -0.4 is 9.64 Å². The fraction of sp³-hybridized carbons (Fsp3) is 0.286. The number of methoxy groups -OCH3 is 1. The van der Waals surface area contributed by atoms with E-state index in [1.165, 1.54) is 11.3 Å². The molecule has 1 saturated heterocycles. The number of hydrogen-bond acceptors (Lipinski definition) is 3. The molecule has 1 aliphatic rings. The van der Waals surface area contributed by atoms with Crippen LogP contribution in [0.2, 0.25) is 0 Å². The van der Waals surface area contributed by atoms with Gasteiger partial charge in [-0.15, -0.1) is 0 Å². The van der Waals surface area contributed by atoms with Gasteiger partial charge in [0.25, 0.3) is 5.91 Å². The predicted molar refractivity (Wildman–Crippen MR) is 104 cm³/mol. The summed E-state index contributed by atoms with van der Waals surface area (Å²) in [5.41, 5.74) is 4.08. The lowest BCUT2D eigenvalue weighted by atomic mass is 10.2. The van der Waals surface area contributed by atoms with Crippen molar-refractivity contribution < 1.29 is 9.53 Å². The van der Waals surface area contributed by atoms with Gasteiger partial charge in [-0.3, -0.25) is 4.79 Å². The van der Waals surface area contributed by atoms with Gasteiger partial charge >= 0.3 is 0 Å². The zero-order valence-corrected chi connectivity index (χ0v) is 15.2. The smallest absolute Gasteiger partial charge is 0.270 e. The molecule has 0 radical (unpaired) electrons. The van der Waals surface area contributed by atoms with Gasteiger partial charge in [0.05, 0.1) is 7.11 Å². The summed E-state index contributed by atoms with van der Waals surface area (Å²) in [7, 11) is 1.65. The fourth-order valence-electron chi connectivity index (χ4n) is 3.52. The lowest BCUT2D eigenvalue weighted by molar-refractivity contribution is 0.0742. The van der Waals surface area contributed by atoms with E-state index >= 15 is 0 Å². The van der Waals surface area contributed by atoms with E-state index < -0.39 is 0 Å². The van der Waals surface area contributed by atoms with Gasteiger partial charge in [0.1, 0.15) is 11.4 Å². The minimum Gasteiger partial charge on any atom is -0.497 e. The first-order chi connectivity index (χ1) is 12.6. The second kappa shape index (κ2) is 6.75. The molecule has 2 aromatic carbocycles. The highest BCUT2D eigenvalue weighted by molar-refractivity contribution is 5.98. The van der Waals surface area contributed by atoms with Crippen molar-refractivity contribution in [3.8, 4) is 5.75 Å². The average molecular weight is 349 g/mol. The molecule has 0 spiro atoms. The quantitative estimate of drug-likeness (QED) is 0.788. The van der Waals surface area contributed by atoms with Crippen molar-refractivity contribution in [2.24, 2.45) is 0 Å². The number of aryl methyl sites for hydroxylation is 1. The van der Waals surface area contributed by atoms with E-state index in [-0.39, 0.29) is 5.91 Å². The number of nitrogens with one attached hydrogen (secondary N) is 1. The normalized spacial score (nSPS) is 14.7. The van der Waals surface area contributed by atoms with E-state index in [1.807, 2.05) is 29.2 Å². The second-order valence-corrected chi connectivity index (χ2v) is 6.75. The molecule has 1 amide bonds. The lowest BCUT2D eigenvalue weighted by Crippen LogP contribution is -2.48. The molecule has 3 aromatic rings. The van der Waals surface area contributed by atoms with Gasteiger partial charge in [-0.25, -0.2) is 0 Å². The first-order valence-electron chi connectivity index (χ1n) is 8.92. The molecule has 5 nitrogen and oxygen atoms in total. The number of aromatic amines is 1. The van der Waals surface area contributed by atoms with Crippen LogP contribution in [0.5, 0.6) is 5.75 Å². The predicted octanol–water partition coefficient (Wildman–Crippen LogP) is 3.45. The van der Waals surface area contributed by atoms with Crippen LogP contribution in [0.4, 0.5) is 5.69 Å². The summed E-state index contributed by atoms with van der Waals surface area (Å²) in [5, 5.41) is 0.992. The van der Waals surface area contributed by atoms with Crippen LogP contribution in [0.1, 0.15) is 16.1 Å². The summed E-state index contributed by atoms with van der Waals surface area (Å²) < 4.78 is 5.26. The Bertz CT molecular complexity index is 939. The van der Waals surface area contributed by atoms with Crippen LogP contribution in [0.25, 0.3) is 10.9 Å². The average Bonchev–Trinajstić information content (AvgIpc) is 3.10. The second-order valence-electron chi connectivity index (χ2n) is 6.75. The summed E-state index contributed by atoms with van der Waals surface area (Å²) in [5.74, 6) is 0.853. The Kier molecular flexibility index (Phi) is 4.29. The highest BCUT2D eigenvalue weighted by atomic mass is 16.5. The number of benzene rings is 2. The molecule has 0 bridgehead atoms. The number of piperazine rings is 1. The van der Waals surface area contributed by atoms with Gasteiger partial charge in [-0.2, -0.15) is 0 Å². The van der Waals surface area contributed by atoms with Crippen molar-refractivity contribution in [2.45, 2.75) is 6.92 Å². The van der Waals surface area contributed by atoms with Crippen molar-refractivity contribution in [3.63, 3.8) is 0 Å². The van der Waals surface area contributed by atoms with Gasteiger partial charge in [0, 0.05) is 42.8 Å². The van der Waals surface area contributed by atoms with Crippen LogP contribution in [0, 0.1) is 6.92 Å².